The van der Waals surface area contributed by atoms with Gasteiger partial charge in [0.15, 0.2) is 0 Å². The summed E-state index contributed by atoms with van der Waals surface area (Å²) in [7, 11) is 0. The Bertz CT molecular complexity index is 242. The number of piperidine rings is 1. The van der Waals surface area contributed by atoms with E-state index in [4.69, 9.17) is 9.47 Å². The van der Waals surface area contributed by atoms with Crippen molar-refractivity contribution >= 4 is 5.97 Å². The largest absolute Gasteiger partial charge is 0.463 e. The Morgan fingerprint density at radius 2 is 2.06 bits per heavy atom. The molecular formula is C14H27NO3. The average molecular weight is 257 g/mol. The molecule has 0 aromatic rings. The lowest BCUT2D eigenvalue weighted by molar-refractivity contribution is -0.147. The molecule has 0 saturated carbocycles. The highest BCUT2D eigenvalue weighted by Gasteiger charge is 2.15. The molecule has 1 aliphatic heterocycles. The van der Waals surface area contributed by atoms with Crippen molar-refractivity contribution in [3.8, 4) is 0 Å². The summed E-state index contributed by atoms with van der Waals surface area (Å²) in [5.74, 6) is -0.111. The molecule has 0 bridgehead atoms. The van der Waals surface area contributed by atoms with Gasteiger partial charge in [0, 0.05) is 12.5 Å². The van der Waals surface area contributed by atoms with Crippen LogP contribution in [-0.2, 0) is 14.3 Å². The van der Waals surface area contributed by atoms with E-state index in [1.54, 1.807) is 0 Å². The van der Waals surface area contributed by atoms with E-state index in [9.17, 15) is 4.79 Å². The van der Waals surface area contributed by atoms with Crippen LogP contribution in [0.1, 0.15) is 52.9 Å². The summed E-state index contributed by atoms with van der Waals surface area (Å²) in [5, 5.41) is 3.43. The first-order valence-electron chi connectivity index (χ1n) is 7.00. The second-order valence-electron chi connectivity index (χ2n) is 5.87. The fourth-order valence-electron chi connectivity index (χ4n) is 2.04. The number of hydrogen-bond donors (Lipinski definition) is 1. The normalized spacial score (nSPS) is 20.7. The van der Waals surface area contributed by atoms with Crippen LogP contribution in [0.3, 0.4) is 0 Å². The van der Waals surface area contributed by atoms with Gasteiger partial charge in [0.05, 0.1) is 12.2 Å². The summed E-state index contributed by atoms with van der Waals surface area (Å²) in [6.45, 7) is 7.88. The van der Waals surface area contributed by atoms with Crippen LogP contribution < -0.4 is 5.32 Å². The predicted molar refractivity (Wildman–Crippen MR) is 71.5 cm³/mol. The minimum Gasteiger partial charge on any atom is -0.463 e. The second kappa shape index (κ2) is 7.74. The summed E-state index contributed by atoms with van der Waals surface area (Å²) >= 11 is 0. The molecular weight excluding hydrogens is 230 g/mol. The maximum atomic E-state index is 11.5. The van der Waals surface area contributed by atoms with Crippen LogP contribution in [0.4, 0.5) is 0 Å². The number of nitrogens with one attached hydrogen (secondary N) is 1. The Morgan fingerprint density at radius 3 is 2.67 bits per heavy atom. The fraction of sp³-hybridized carbons (Fsp3) is 0.929. The molecule has 1 aliphatic rings. The van der Waals surface area contributed by atoms with Gasteiger partial charge in [-0.1, -0.05) is 6.42 Å². The molecule has 1 heterocycles. The van der Waals surface area contributed by atoms with Crippen LogP contribution in [0, 0.1) is 0 Å². The maximum Gasteiger partial charge on any atom is 0.305 e. The first kappa shape index (κ1) is 15.4. The zero-order valence-electron chi connectivity index (χ0n) is 12.0. The van der Waals surface area contributed by atoms with Gasteiger partial charge in [0.2, 0.25) is 0 Å². The van der Waals surface area contributed by atoms with E-state index in [0.29, 0.717) is 25.7 Å². The molecule has 0 amide bonds. The van der Waals surface area contributed by atoms with Crippen LogP contribution in [-0.4, -0.2) is 37.4 Å². The van der Waals surface area contributed by atoms with Gasteiger partial charge in [-0.05, 0) is 46.6 Å². The summed E-state index contributed by atoms with van der Waals surface area (Å²) in [4.78, 5) is 11.5. The van der Waals surface area contributed by atoms with Gasteiger partial charge in [0.1, 0.15) is 6.61 Å². The molecule has 106 valence electrons. The topological polar surface area (TPSA) is 47.6 Å². The lowest BCUT2D eigenvalue weighted by Crippen LogP contribution is -2.34. The van der Waals surface area contributed by atoms with Crippen molar-refractivity contribution in [3.05, 3.63) is 0 Å². The van der Waals surface area contributed by atoms with Gasteiger partial charge in [-0.3, -0.25) is 4.79 Å². The molecule has 1 unspecified atom stereocenters. The van der Waals surface area contributed by atoms with Gasteiger partial charge >= 0.3 is 5.97 Å². The van der Waals surface area contributed by atoms with Crippen molar-refractivity contribution < 1.29 is 14.3 Å². The highest BCUT2D eigenvalue weighted by Crippen LogP contribution is 2.12. The summed E-state index contributed by atoms with van der Waals surface area (Å²) in [6, 6.07) is 0.497. The third-order valence-corrected chi connectivity index (χ3v) is 2.99. The SMILES string of the molecule is CC(C)(C)OCCOC(=O)CCC1CCCCN1. The Labute approximate surface area is 110 Å². The van der Waals surface area contributed by atoms with Gasteiger partial charge in [-0.15, -0.1) is 0 Å². The van der Waals surface area contributed by atoms with Crippen LogP contribution in [0.5, 0.6) is 0 Å². The first-order chi connectivity index (χ1) is 8.47. The molecule has 1 N–H and O–H groups in total. The van der Waals surface area contributed by atoms with E-state index in [2.05, 4.69) is 5.32 Å². The van der Waals surface area contributed by atoms with Gasteiger partial charge in [-0.2, -0.15) is 0 Å². The van der Waals surface area contributed by atoms with E-state index in [1.807, 2.05) is 20.8 Å². The lowest BCUT2D eigenvalue weighted by Gasteiger charge is -2.23. The lowest BCUT2D eigenvalue weighted by atomic mass is 10.0. The predicted octanol–water partition coefficient (Wildman–Crippen LogP) is 2.27. The standard InChI is InChI=1S/C14H27NO3/c1-14(2,3)18-11-10-17-13(16)8-7-12-6-4-5-9-15-12/h12,15H,4-11H2,1-3H3. The highest BCUT2D eigenvalue weighted by molar-refractivity contribution is 5.69. The number of esters is 1. The molecule has 0 radical (unpaired) electrons. The zero-order chi connectivity index (χ0) is 13.4. The molecule has 4 heteroatoms. The second-order valence-corrected chi connectivity index (χ2v) is 5.87. The van der Waals surface area contributed by atoms with Crippen LogP contribution >= 0.6 is 0 Å². The molecule has 0 aromatic heterocycles. The van der Waals surface area contributed by atoms with Crippen molar-refractivity contribution in [3.63, 3.8) is 0 Å². The van der Waals surface area contributed by atoms with E-state index < -0.39 is 0 Å². The van der Waals surface area contributed by atoms with Crippen molar-refractivity contribution in [2.75, 3.05) is 19.8 Å². The third kappa shape index (κ3) is 7.67. The Hall–Kier alpha value is -0.610. The van der Waals surface area contributed by atoms with Gasteiger partial charge < -0.3 is 14.8 Å². The number of hydrogen-bond acceptors (Lipinski definition) is 4. The minimum atomic E-state index is -0.168. The summed E-state index contributed by atoms with van der Waals surface area (Å²) in [5.41, 5.74) is -0.168. The average Bonchev–Trinajstić information content (AvgIpc) is 2.32. The first-order valence-corrected chi connectivity index (χ1v) is 7.00. The van der Waals surface area contributed by atoms with E-state index in [1.165, 1.54) is 19.3 Å². The van der Waals surface area contributed by atoms with E-state index in [-0.39, 0.29) is 11.6 Å². The molecule has 0 aromatic carbocycles. The van der Waals surface area contributed by atoms with Gasteiger partial charge in [0.25, 0.3) is 0 Å². The molecule has 1 fully saturated rings. The molecule has 4 nitrogen and oxygen atoms in total. The van der Waals surface area contributed by atoms with Crippen LogP contribution in [0.2, 0.25) is 0 Å². The fourth-order valence-corrected chi connectivity index (χ4v) is 2.04. The van der Waals surface area contributed by atoms with Crippen molar-refractivity contribution in [2.45, 2.75) is 64.5 Å². The zero-order valence-corrected chi connectivity index (χ0v) is 12.0. The quantitative estimate of drug-likeness (QED) is 0.586. The molecule has 0 aliphatic carbocycles. The monoisotopic (exact) mass is 257 g/mol. The van der Waals surface area contributed by atoms with Crippen molar-refractivity contribution in [1.29, 1.82) is 0 Å². The third-order valence-electron chi connectivity index (χ3n) is 2.99. The maximum absolute atomic E-state index is 11.5. The molecule has 1 atom stereocenters. The van der Waals surface area contributed by atoms with Crippen molar-refractivity contribution in [1.82, 2.24) is 5.32 Å². The van der Waals surface area contributed by atoms with Crippen LogP contribution in [0.25, 0.3) is 0 Å². The molecule has 1 rings (SSSR count). The van der Waals surface area contributed by atoms with Crippen LogP contribution in [0.15, 0.2) is 0 Å². The Kier molecular flexibility index (Phi) is 6.65. The smallest absolute Gasteiger partial charge is 0.305 e. The summed E-state index contributed by atoms with van der Waals surface area (Å²) in [6.07, 6.45) is 5.10. The number of ether oxygens (including phenoxy) is 2. The Morgan fingerprint density at radius 1 is 1.28 bits per heavy atom. The highest BCUT2D eigenvalue weighted by atomic mass is 16.6. The van der Waals surface area contributed by atoms with Gasteiger partial charge in [-0.25, -0.2) is 0 Å². The Balaban J connectivity index is 2.00. The summed E-state index contributed by atoms with van der Waals surface area (Å²) < 4.78 is 10.6. The molecule has 1 saturated heterocycles. The number of rotatable bonds is 6. The van der Waals surface area contributed by atoms with E-state index >= 15 is 0 Å². The number of carbonyl (C=O) groups is 1. The minimum absolute atomic E-state index is 0.111. The molecule has 0 spiro atoms. The van der Waals surface area contributed by atoms with Crippen molar-refractivity contribution in [2.24, 2.45) is 0 Å². The molecule has 18 heavy (non-hydrogen) atoms. The van der Waals surface area contributed by atoms with E-state index in [0.717, 1.165) is 13.0 Å². The number of carbonyl (C=O) groups excluding carboxylic acids is 1.